The average Bonchev–Trinajstić information content (AvgIpc) is 3.29. The van der Waals surface area contributed by atoms with Crippen molar-refractivity contribution in [1.29, 1.82) is 0 Å². The van der Waals surface area contributed by atoms with Gasteiger partial charge in [0.2, 0.25) is 5.91 Å². The van der Waals surface area contributed by atoms with Crippen LogP contribution in [0, 0.1) is 23.5 Å². The smallest absolute Gasteiger partial charge is 0.307 e. The monoisotopic (exact) mass is 463 g/mol. The molecule has 2 N–H and O–H groups in total. The molecule has 1 amide bonds. The maximum Gasteiger partial charge on any atom is 0.307 e. The zero-order valence-electron chi connectivity index (χ0n) is 18.3. The maximum absolute atomic E-state index is 13.3. The van der Waals surface area contributed by atoms with Crippen LogP contribution >= 0.6 is 0 Å². The number of halogens is 2. The molecular formula is C27H23F2NO4. The first-order chi connectivity index (χ1) is 16.3. The third-order valence-corrected chi connectivity index (χ3v) is 6.13. The fraction of sp³-hybridized carbons (Fsp3) is 0.222. The van der Waals surface area contributed by atoms with Crippen LogP contribution in [0.1, 0.15) is 35.2 Å². The van der Waals surface area contributed by atoms with Crippen LogP contribution in [0.25, 0.3) is 11.1 Å². The highest BCUT2D eigenvalue weighted by molar-refractivity contribution is 6.05. The third-order valence-electron chi connectivity index (χ3n) is 6.13. The Morgan fingerprint density at radius 1 is 0.882 bits per heavy atom. The molecule has 0 bridgehead atoms. The van der Waals surface area contributed by atoms with Crippen LogP contribution in [0.3, 0.4) is 0 Å². The number of carboxylic acids is 1. The Kier molecular flexibility index (Phi) is 6.82. The number of nitrogens with one attached hydrogen (secondary N) is 1. The molecule has 0 aliphatic heterocycles. The summed E-state index contributed by atoms with van der Waals surface area (Å²) in [6, 6.07) is 16.9. The van der Waals surface area contributed by atoms with Crippen molar-refractivity contribution < 1.29 is 28.3 Å². The van der Waals surface area contributed by atoms with Crippen LogP contribution in [0.15, 0.2) is 66.7 Å². The summed E-state index contributed by atoms with van der Waals surface area (Å²) < 4.78 is 26.7. The number of benzene rings is 3. The van der Waals surface area contributed by atoms with Crippen LogP contribution in [0.5, 0.6) is 0 Å². The lowest BCUT2D eigenvalue weighted by Crippen LogP contribution is -2.25. The number of hydrogen-bond donors (Lipinski definition) is 2. The summed E-state index contributed by atoms with van der Waals surface area (Å²) in [6.45, 7) is 0. The summed E-state index contributed by atoms with van der Waals surface area (Å²) in [5.74, 6) is -4.21. The number of Topliss-reactive ketones (excluding diaryl/α,β-unsaturated/α-hetero) is 1. The number of rotatable bonds is 7. The Balaban J connectivity index is 1.49. The highest BCUT2D eigenvalue weighted by Crippen LogP contribution is 2.36. The number of carbonyl (C=O) groups excluding carboxylic acids is 2. The lowest BCUT2D eigenvalue weighted by atomic mass is 9.85. The normalized spacial score (nSPS) is 17.4. The molecule has 0 radical (unpaired) electrons. The fourth-order valence-electron chi connectivity index (χ4n) is 4.56. The van der Waals surface area contributed by atoms with Gasteiger partial charge >= 0.3 is 5.97 Å². The summed E-state index contributed by atoms with van der Waals surface area (Å²) in [5, 5.41) is 12.2. The number of amides is 1. The zero-order valence-corrected chi connectivity index (χ0v) is 18.3. The van der Waals surface area contributed by atoms with Crippen LogP contribution in [0.2, 0.25) is 0 Å². The van der Waals surface area contributed by atoms with Gasteiger partial charge in [-0.05, 0) is 53.8 Å². The molecule has 3 aromatic rings. The third kappa shape index (κ3) is 5.20. The van der Waals surface area contributed by atoms with E-state index in [9.17, 15) is 28.3 Å². The molecule has 7 heteroatoms. The van der Waals surface area contributed by atoms with Gasteiger partial charge in [-0.2, -0.15) is 0 Å². The molecule has 1 aliphatic rings. The van der Waals surface area contributed by atoms with Gasteiger partial charge in [-0.25, -0.2) is 8.78 Å². The number of aliphatic carboxylic acids is 1. The highest BCUT2D eigenvalue weighted by atomic mass is 19.1. The van der Waals surface area contributed by atoms with E-state index in [1.165, 1.54) is 0 Å². The van der Waals surface area contributed by atoms with Gasteiger partial charge < -0.3 is 10.4 Å². The number of hydrogen-bond acceptors (Lipinski definition) is 3. The molecule has 5 nitrogen and oxygen atoms in total. The van der Waals surface area contributed by atoms with Crippen molar-refractivity contribution in [3.63, 3.8) is 0 Å². The fourth-order valence-corrected chi connectivity index (χ4v) is 4.56. The van der Waals surface area contributed by atoms with Crippen molar-refractivity contribution in [2.75, 3.05) is 5.32 Å². The molecule has 2 atom stereocenters. The SMILES string of the molecule is O=C(Cc1cc(F)cc(F)c1)Nc1ccc(-c2ccccc2C(=O)[C@@H]2CCC[C@H]2C(=O)O)cc1. The van der Waals surface area contributed by atoms with E-state index in [2.05, 4.69) is 5.32 Å². The van der Waals surface area contributed by atoms with Crippen LogP contribution in [-0.4, -0.2) is 22.8 Å². The standard InChI is InChI=1S/C27H23F2NO4/c28-18-12-16(13-19(29)15-18)14-25(31)30-20-10-8-17(9-11-20)21-4-1-2-5-22(21)26(32)23-6-3-7-24(23)27(33)34/h1-2,4-5,8-13,15,23-24H,3,6-7,14H2,(H,30,31)(H,33,34)/t23-,24-/m1/s1. The van der Waals surface area contributed by atoms with E-state index in [-0.39, 0.29) is 17.8 Å². The van der Waals surface area contributed by atoms with Gasteiger partial charge in [0.25, 0.3) is 0 Å². The quantitative estimate of drug-likeness (QED) is 0.454. The number of carbonyl (C=O) groups is 3. The Morgan fingerprint density at radius 3 is 2.21 bits per heavy atom. The van der Waals surface area contributed by atoms with E-state index >= 15 is 0 Å². The van der Waals surface area contributed by atoms with Crippen LogP contribution < -0.4 is 5.32 Å². The van der Waals surface area contributed by atoms with E-state index in [0.717, 1.165) is 23.8 Å². The molecule has 0 unspecified atom stereocenters. The second kappa shape index (κ2) is 9.95. The summed E-state index contributed by atoms with van der Waals surface area (Å²) in [7, 11) is 0. The summed E-state index contributed by atoms with van der Waals surface area (Å²) >= 11 is 0. The molecular weight excluding hydrogens is 440 g/mol. The highest BCUT2D eigenvalue weighted by Gasteiger charge is 2.38. The molecule has 3 aromatic carbocycles. The molecule has 4 rings (SSSR count). The molecule has 1 fully saturated rings. The zero-order chi connectivity index (χ0) is 24.2. The minimum Gasteiger partial charge on any atom is -0.481 e. The molecule has 174 valence electrons. The van der Waals surface area contributed by atoms with Crippen molar-refractivity contribution in [1.82, 2.24) is 0 Å². The Hall–Kier alpha value is -3.87. The summed E-state index contributed by atoms with van der Waals surface area (Å²) in [6.07, 6.45) is 1.60. The van der Waals surface area contributed by atoms with Gasteiger partial charge in [0.05, 0.1) is 12.3 Å². The van der Waals surface area contributed by atoms with Gasteiger partial charge in [-0.3, -0.25) is 14.4 Å². The Bertz CT molecular complexity index is 1220. The molecule has 0 heterocycles. The van der Waals surface area contributed by atoms with Gasteiger partial charge in [0.1, 0.15) is 11.6 Å². The van der Waals surface area contributed by atoms with Crippen LogP contribution in [0.4, 0.5) is 14.5 Å². The Morgan fingerprint density at radius 2 is 1.53 bits per heavy atom. The van der Waals surface area contributed by atoms with Crippen molar-refractivity contribution in [3.05, 3.63) is 89.5 Å². The number of anilines is 1. The second-order valence-electron chi connectivity index (χ2n) is 8.47. The van der Waals surface area contributed by atoms with Crippen molar-refractivity contribution in [2.45, 2.75) is 25.7 Å². The molecule has 1 aliphatic carbocycles. The van der Waals surface area contributed by atoms with Crippen molar-refractivity contribution >= 4 is 23.3 Å². The average molecular weight is 463 g/mol. The minimum absolute atomic E-state index is 0.166. The second-order valence-corrected chi connectivity index (χ2v) is 8.47. The largest absolute Gasteiger partial charge is 0.481 e. The van der Waals surface area contributed by atoms with E-state index in [4.69, 9.17) is 0 Å². The molecule has 0 saturated heterocycles. The summed E-state index contributed by atoms with van der Waals surface area (Å²) in [5.41, 5.74) is 2.64. The maximum atomic E-state index is 13.3. The van der Waals surface area contributed by atoms with E-state index in [1.807, 2.05) is 12.1 Å². The number of carboxylic acid groups (broad SMARTS) is 1. The molecule has 1 saturated carbocycles. The molecule has 0 spiro atoms. The predicted octanol–water partition coefficient (Wildman–Crippen LogP) is 5.50. The van der Waals surface area contributed by atoms with E-state index in [1.54, 1.807) is 36.4 Å². The molecule has 34 heavy (non-hydrogen) atoms. The van der Waals surface area contributed by atoms with Gasteiger partial charge in [-0.15, -0.1) is 0 Å². The Labute approximate surface area is 195 Å². The lowest BCUT2D eigenvalue weighted by molar-refractivity contribution is -0.142. The van der Waals surface area contributed by atoms with Gasteiger partial charge in [0.15, 0.2) is 5.78 Å². The van der Waals surface area contributed by atoms with Crippen molar-refractivity contribution in [2.24, 2.45) is 11.8 Å². The minimum atomic E-state index is -0.936. The summed E-state index contributed by atoms with van der Waals surface area (Å²) in [4.78, 5) is 37.1. The topological polar surface area (TPSA) is 83.5 Å². The lowest BCUT2D eigenvalue weighted by Gasteiger charge is -2.17. The van der Waals surface area contributed by atoms with E-state index < -0.39 is 35.3 Å². The first kappa shape index (κ1) is 23.3. The number of ketones is 1. The van der Waals surface area contributed by atoms with Crippen molar-refractivity contribution in [3.8, 4) is 11.1 Å². The van der Waals surface area contributed by atoms with Crippen LogP contribution in [-0.2, 0) is 16.0 Å². The van der Waals surface area contributed by atoms with Gasteiger partial charge in [0, 0.05) is 23.2 Å². The first-order valence-electron chi connectivity index (χ1n) is 11.0. The predicted molar refractivity (Wildman–Crippen MR) is 123 cm³/mol. The first-order valence-corrected chi connectivity index (χ1v) is 11.0. The van der Waals surface area contributed by atoms with Gasteiger partial charge in [-0.1, -0.05) is 42.8 Å². The van der Waals surface area contributed by atoms with E-state index in [0.29, 0.717) is 36.1 Å². The molecule has 0 aromatic heterocycles.